The highest BCUT2D eigenvalue weighted by Crippen LogP contribution is 2.30. The van der Waals surface area contributed by atoms with E-state index in [1.165, 1.54) is 12.1 Å². The third-order valence-electron chi connectivity index (χ3n) is 1.36. The van der Waals surface area contributed by atoms with Crippen molar-refractivity contribution in [2.75, 3.05) is 0 Å². The zero-order chi connectivity index (χ0) is 11.4. The van der Waals surface area contributed by atoms with Crippen molar-refractivity contribution in [2.45, 2.75) is 6.61 Å². The molecule has 0 aromatic heterocycles. The summed E-state index contributed by atoms with van der Waals surface area (Å²) in [6.45, 7) is -3.02. The monoisotopic (exact) mass is 238 g/mol. The van der Waals surface area contributed by atoms with Crippen LogP contribution in [0.15, 0.2) is 18.2 Å². The molecule has 1 rings (SSSR count). The minimum absolute atomic E-state index is 0.0323. The lowest BCUT2D eigenvalue weighted by Crippen LogP contribution is -2.20. The third kappa shape index (κ3) is 3.90. The molecule has 0 unspecified atom stereocenters. The Kier molecular flexibility index (Phi) is 4.13. The molecule has 0 saturated heterocycles. The lowest BCUT2D eigenvalue weighted by atomic mass is 10.2. The second kappa shape index (κ2) is 5.15. The highest BCUT2D eigenvalue weighted by atomic mass is 35.5. The van der Waals surface area contributed by atoms with Crippen molar-refractivity contribution in [3.8, 4) is 11.5 Å². The zero-order valence-electron chi connectivity index (χ0n) is 7.23. The first-order valence-electron chi connectivity index (χ1n) is 3.76. The topological polar surface area (TPSA) is 58.9 Å². The fourth-order valence-electron chi connectivity index (χ4n) is 0.865. The van der Waals surface area contributed by atoms with Crippen molar-refractivity contribution in [2.24, 2.45) is 0 Å². The molecule has 4 nitrogen and oxygen atoms in total. The summed E-state index contributed by atoms with van der Waals surface area (Å²) in [5, 5.41) is 16.9. The van der Waals surface area contributed by atoms with Gasteiger partial charge in [0.15, 0.2) is 0 Å². The van der Waals surface area contributed by atoms with Gasteiger partial charge in [0.25, 0.3) is 0 Å². The largest absolute Gasteiger partial charge is 0.707 e. The van der Waals surface area contributed by atoms with Crippen molar-refractivity contribution in [1.82, 2.24) is 0 Å². The lowest BCUT2D eigenvalue weighted by Gasteiger charge is -2.09. The Hall–Kier alpha value is -1.05. The number of halogens is 3. The summed E-state index contributed by atoms with van der Waals surface area (Å²) in [6, 6.07) is 3.53. The number of hydrogen-bond acceptors (Lipinski definition) is 4. The van der Waals surface area contributed by atoms with E-state index in [-0.39, 0.29) is 16.5 Å². The Morgan fingerprint density at radius 3 is 2.53 bits per heavy atom. The molecule has 0 fully saturated rings. The molecule has 0 amide bonds. The van der Waals surface area contributed by atoms with Gasteiger partial charge in [-0.2, -0.15) is 8.78 Å². The summed E-state index contributed by atoms with van der Waals surface area (Å²) in [4.78, 5) is 0. The SMILES string of the molecule is OB(O)Oc1ccc(Cl)c(OC(F)F)c1. The van der Waals surface area contributed by atoms with Gasteiger partial charge in [0.05, 0.1) is 5.02 Å². The molecule has 1 aromatic carbocycles. The van der Waals surface area contributed by atoms with E-state index in [4.69, 9.17) is 21.6 Å². The normalized spacial score (nSPS) is 10.3. The molecular weight excluding hydrogens is 232 g/mol. The van der Waals surface area contributed by atoms with E-state index in [1.807, 2.05) is 0 Å². The van der Waals surface area contributed by atoms with E-state index in [2.05, 4.69) is 9.39 Å². The maximum Gasteiger partial charge on any atom is 0.707 e. The van der Waals surface area contributed by atoms with Gasteiger partial charge in [-0.3, -0.25) is 0 Å². The van der Waals surface area contributed by atoms with Gasteiger partial charge in [-0.15, -0.1) is 0 Å². The number of hydrogen-bond donors (Lipinski definition) is 2. The fraction of sp³-hybridized carbons (Fsp3) is 0.143. The van der Waals surface area contributed by atoms with Gasteiger partial charge in [0.1, 0.15) is 11.5 Å². The number of rotatable bonds is 4. The first kappa shape index (κ1) is 12.0. The van der Waals surface area contributed by atoms with E-state index in [0.717, 1.165) is 6.07 Å². The average Bonchev–Trinajstić information content (AvgIpc) is 2.09. The van der Waals surface area contributed by atoms with E-state index in [0.29, 0.717) is 0 Å². The Labute approximate surface area is 89.2 Å². The van der Waals surface area contributed by atoms with Crippen LogP contribution in [0.2, 0.25) is 5.02 Å². The molecule has 0 aliphatic heterocycles. The van der Waals surface area contributed by atoms with Gasteiger partial charge < -0.3 is 19.4 Å². The standard InChI is InChI=1S/C7H6BClF2O4/c9-5-2-1-4(15-8(12)13)3-6(5)14-7(10)11/h1-3,7,12-13H. The molecule has 0 atom stereocenters. The van der Waals surface area contributed by atoms with Gasteiger partial charge in [-0.05, 0) is 12.1 Å². The second-order valence-corrected chi connectivity index (χ2v) is 2.82. The van der Waals surface area contributed by atoms with E-state index < -0.39 is 13.9 Å². The molecule has 0 aliphatic rings. The molecule has 0 bridgehead atoms. The molecule has 8 heteroatoms. The van der Waals surface area contributed by atoms with Crippen molar-refractivity contribution in [3.05, 3.63) is 23.2 Å². The molecule has 0 radical (unpaired) electrons. The van der Waals surface area contributed by atoms with Crippen LogP contribution >= 0.6 is 11.6 Å². The smallest absolute Gasteiger partial charge is 0.512 e. The maximum absolute atomic E-state index is 11.9. The van der Waals surface area contributed by atoms with E-state index in [1.54, 1.807) is 0 Å². The highest BCUT2D eigenvalue weighted by Gasteiger charge is 2.14. The first-order chi connectivity index (χ1) is 6.99. The van der Waals surface area contributed by atoms with Crippen LogP contribution in [0.4, 0.5) is 8.78 Å². The number of ether oxygens (including phenoxy) is 1. The highest BCUT2D eigenvalue weighted by molar-refractivity contribution is 6.34. The molecular formula is C7H6BClF2O4. The Bertz CT molecular complexity index is 337. The summed E-state index contributed by atoms with van der Waals surface area (Å²) in [7, 11) is -2.04. The lowest BCUT2D eigenvalue weighted by molar-refractivity contribution is -0.0498. The maximum atomic E-state index is 11.9. The van der Waals surface area contributed by atoms with Gasteiger partial charge >= 0.3 is 13.9 Å². The molecule has 0 heterocycles. The number of alkyl halides is 2. The zero-order valence-corrected chi connectivity index (χ0v) is 7.99. The summed E-state index contributed by atoms with van der Waals surface area (Å²) < 4.78 is 32.2. The molecule has 82 valence electrons. The Morgan fingerprint density at radius 1 is 1.33 bits per heavy atom. The molecule has 0 aliphatic carbocycles. The predicted molar refractivity (Wildman–Crippen MR) is 48.9 cm³/mol. The molecule has 2 N–H and O–H groups in total. The van der Waals surface area contributed by atoms with E-state index >= 15 is 0 Å². The van der Waals surface area contributed by atoms with Crippen LogP contribution in [-0.2, 0) is 0 Å². The number of benzene rings is 1. The van der Waals surface area contributed by atoms with Gasteiger partial charge in [0.2, 0.25) is 0 Å². The minimum atomic E-state index is -3.02. The quantitative estimate of drug-likeness (QED) is 0.776. The predicted octanol–water partition coefficient (Wildman–Crippen LogP) is 1.29. The van der Waals surface area contributed by atoms with Crippen LogP contribution in [-0.4, -0.2) is 24.0 Å². The minimum Gasteiger partial charge on any atom is -0.512 e. The summed E-state index contributed by atoms with van der Waals surface area (Å²) >= 11 is 5.54. The summed E-state index contributed by atoms with van der Waals surface area (Å²) in [5.74, 6) is -0.352. The molecule has 1 aromatic rings. The summed E-state index contributed by atoms with van der Waals surface area (Å²) in [6.07, 6.45) is 0. The average molecular weight is 238 g/mol. The first-order valence-corrected chi connectivity index (χ1v) is 4.14. The van der Waals surface area contributed by atoms with Crippen molar-refractivity contribution >= 4 is 18.9 Å². The van der Waals surface area contributed by atoms with Gasteiger partial charge in [-0.1, -0.05) is 11.6 Å². The van der Waals surface area contributed by atoms with Crippen molar-refractivity contribution in [3.63, 3.8) is 0 Å². The van der Waals surface area contributed by atoms with Crippen LogP contribution in [0.1, 0.15) is 0 Å². The van der Waals surface area contributed by atoms with Crippen LogP contribution in [0, 0.1) is 0 Å². The second-order valence-electron chi connectivity index (χ2n) is 2.41. The molecule has 0 saturated carbocycles. The summed E-state index contributed by atoms with van der Waals surface area (Å²) in [5.41, 5.74) is 0. The van der Waals surface area contributed by atoms with Crippen LogP contribution < -0.4 is 9.39 Å². The fourth-order valence-corrected chi connectivity index (χ4v) is 1.03. The van der Waals surface area contributed by atoms with Crippen molar-refractivity contribution in [1.29, 1.82) is 0 Å². The van der Waals surface area contributed by atoms with Gasteiger partial charge in [-0.25, -0.2) is 0 Å². The van der Waals surface area contributed by atoms with Crippen LogP contribution in [0.5, 0.6) is 11.5 Å². The van der Waals surface area contributed by atoms with Crippen molar-refractivity contribution < 1.29 is 28.2 Å². The van der Waals surface area contributed by atoms with Crippen LogP contribution in [0.25, 0.3) is 0 Å². The molecule has 0 spiro atoms. The third-order valence-corrected chi connectivity index (χ3v) is 1.67. The Morgan fingerprint density at radius 2 is 2.00 bits per heavy atom. The van der Waals surface area contributed by atoms with Crippen LogP contribution in [0.3, 0.4) is 0 Å². The Balaban J connectivity index is 2.85. The molecule has 15 heavy (non-hydrogen) atoms. The van der Waals surface area contributed by atoms with E-state index in [9.17, 15) is 8.78 Å². The van der Waals surface area contributed by atoms with Gasteiger partial charge in [0, 0.05) is 6.07 Å².